The van der Waals surface area contributed by atoms with E-state index in [0.717, 1.165) is 17.3 Å². The summed E-state index contributed by atoms with van der Waals surface area (Å²) in [7, 11) is 0. The fourth-order valence-corrected chi connectivity index (χ4v) is 4.98. The molecule has 10 heteroatoms. The van der Waals surface area contributed by atoms with Crippen LogP contribution in [0.5, 0.6) is 11.5 Å². The molecule has 1 heterocycles. The predicted octanol–water partition coefficient (Wildman–Crippen LogP) is 6.61. The number of nitrogens with zero attached hydrogens (tertiary/aromatic N) is 1. The molecule has 1 saturated heterocycles. The zero-order valence-corrected chi connectivity index (χ0v) is 22.3. The number of halogens is 2. The first-order valence-electron chi connectivity index (χ1n) is 11.2. The van der Waals surface area contributed by atoms with Gasteiger partial charge in [0.15, 0.2) is 22.4 Å². The first-order valence-corrected chi connectivity index (χ1v) is 12.8. The molecule has 190 valence electrons. The van der Waals surface area contributed by atoms with Crippen molar-refractivity contribution in [2.45, 2.75) is 13.8 Å². The van der Waals surface area contributed by atoms with Gasteiger partial charge in [-0.05, 0) is 79.6 Å². The highest BCUT2D eigenvalue weighted by molar-refractivity contribution is 8.27. The molecule has 2 amide bonds. The van der Waals surface area contributed by atoms with E-state index in [1.54, 1.807) is 42.5 Å². The first kappa shape index (κ1) is 26.7. The standard InChI is InChI=1S/C27H22ClFN2O4S2/c1-3-34-23-13-17(14-24-26(33)31(27(36)37-24)19-10-8-18(29)9-11-19)7-12-22(23)35-15-25(32)30-21-6-4-5-20(28)16(21)2/h4-14H,3,15H2,1-2H3,(H,30,32)/b24-14-. The molecule has 1 fully saturated rings. The normalized spacial score (nSPS) is 14.3. The number of hydrogen-bond donors (Lipinski definition) is 1. The maximum absolute atomic E-state index is 13.3. The lowest BCUT2D eigenvalue weighted by atomic mass is 10.1. The minimum atomic E-state index is -0.396. The van der Waals surface area contributed by atoms with Crippen LogP contribution in [-0.4, -0.2) is 29.3 Å². The van der Waals surface area contributed by atoms with E-state index >= 15 is 0 Å². The fraction of sp³-hybridized carbons (Fsp3) is 0.148. The maximum Gasteiger partial charge on any atom is 0.270 e. The van der Waals surface area contributed by atoms with Crippen molar-refractivity contribution in [3.8, 4) is 11.5 Å². The van der Waals surface area contributed by atoms with Gasteiger partial charge in [0.25, 0.3) is 11.8 Å². The molecule has 3 aromatic carbocycles. The third-order valence-corrected chi connectivity index (χ3v) is 7.06. The number of amides is 2. The van der Waals surface area contributed by atoms with Crippen LogP contribution in [0.4, 0.5) is 15.8 Å². The third-order valence-electron chi connectivity index (χ3n) is 5.34. The van der Waals surface area contributed by atoms with Crippen LogP contribution in [0.1, 0.15) is 18.1 Å². The molecule has 0 unspecified atom stereocenters. The predicted molar refractivity (Wildman–Crippen MR) is 150 cm³/mol. The smallest absolute Gasteiger partial charge is 0.270 e. The molecule has 0 aromatic heterocycles. The Labute approximate surface area is 228 Å². The number of anilines is 2. The van der Waals surface area contributed by atoms with E-state index in [1.165, 1.54) is 29.2 Å². The summed E-state index contributed by atoms with van der Waals surface area (Å²) in [5, 5.41) is 3.34. The number of hydrogen-bond acceptors (Lipinski definition) is 6. The Bertz CT molecular complexity index is 1400. The number of rotatable bonds is 8. The second-order valence-electron chi connectivity index (χ2n) is 7.88. The van der Waals surface area contributed by atoms with E-state index < -0.39 is 5.82 Å². The Kier molecular flexibility index (Phi) is 8.48. The Morgan fingerprint density at radius 1 is 1.14 bits per heavy atom. The van der Waals surface area contributed by atoms with Crippen LogP contribution in [0.15, 0.2) is 65.6 Å². The van der Waals surface area contributed by atoms with Crippen molar-refractivity contribution in [2.75, 3.05) is 23.4 Å². The topological polar surface area (TPSA) is 67.9 Å². The number of thiocarbonyl (C=S) groups is 1. The van der Waals surface area contributed by atoms with E-state index in [0.29, 0.717) is 49.3 Å². The van der Waals surface area contributed by atoms with Gasteiger partial charge >= 0.3 is 0 Å². The highest BCUT2D eigenvalue weighted by Gasteiger charge is 2.33. The summed E-state index contributed by atoms with van der Waals surface area (Å²) < 4.78 is 25.1. The monoisotopic (exact) mass is 556 g/mol. The van der Waals surface area contributed by atoms with Crippen molar-refractivity contribution >= 4 is 69.2 Å². The van der Waals surface area contributed by atoms with Crippen LogP contribution >= 0.6 is 35.6 Å². The molecule has 3 aromatic rings. The van der Waals surface area contributed by atoms with Crippen LogP contribution in [0.25, 0.3) is 6.08 Å². The Morgan fingerprint density at radius 3 is 2.62 bits per heavy atom. The lowest BCUT2D eigenvalue weighted by Crippen LogP contribution is -2.27. The zero-order chi connectivity index (χ0) is 26.5. The molecule has 1 N–H and O–H groups in total. The van der Waals surface area contributed by atoms with Crippen molar-refractivity contribution in [3.63, 3.8) is 0 Å². The summed E-state index contributed by atoms with van der Waals surface area (Å²) in [6.07, 6.45) is 1.70. The van der Waals surface area contributed by atoms with Crippen LogP contribution in [0.2, 0.25) is 5.02 Å². The second kappa shape index (κ2) is 11.8. The van der Waals surface area contributed by atoms with Gasteiger partial charge in [0.05, 0.1) is 17.2 Å². The van der Waals surface area contributed by atoms with Crippen molar-refractivity contribution in [2.24, 2.45) is 0 Å². The number of carbonyl (C=O) groups excluding carboxylic acids is 2. The first-order chi connectivity index (χ1) is 17.8. The number of nitrogens with one attached hydrogen (secondary N) is 1. The number of thioether (sulfide) groups is 1. The van der Waals surface area contributed by atoms with Gasteiger partial charge in [-0.1, -0.05) is 47.7 Å². The van der Waals surface area contributed by atoms with Crippen LogP contribution in [0, 0.1) is 12.7 Å². The Hall–Kier alpha value is -3.40. The minimum absolute atomic E-state index is 0.234. The highest BCUT2D eigenvalue weighted by Crippen LogP contribution is 2.37. The molecule has 0 bridgehead atoms. The molecule has 6 nitrogen and oxygen atoms in total. The Balaban J connectivity index is 1.48. The van der Waals surface area contributed by atoms with Crippen molar-refractivity contribution in [1.29, 1.82) is 0 Å². The quantitative estimate of drug-likeness (QED) is 0.249. The molecule has 0 atom stereocenters. The van der Waals surface area contributed by atoms with E-state index in [2.05, 4.69) is 5.32 Å². The average molecular weight is 557 g/mol. The molecule has 0 saturated carbocycles. The largest absolute Gasteiger partial charge is 0.490 e. The molecule has 1 aliphatic rings. The van der Waals surface area contributed by atoms with Gasteiger partial charge in [0.1, 0.15) is 5.82 Å². The molecule has 0 aliphatic carbocycles. The zero-order valence-electron chi connectivity index (χ0n) is 19.9. The minimum Gasteiger partial charge on any atom is -0.490 e. The van der Waals surface area contributed by atoms with Crippen LogP contribution in [0.3, 0.4) is 0 Å². The summed E-state index contributed by atoms with van der Waals surface area (Å²) in [5.41, 5.74) is 2.56. The van der Waals surface area contributed by atoms with E-state index in [-0.39, 0.29) is 18.4 Å². The van der Waals surface area contributed by atoms with Gasteiger partial charge in [-0.3, -0.25) is 14.5 Å². The molecule has 0 radical (unpaired) electrons. The SMILES string of the molecule is CCOc1cc(/C=C2\SC(=S)N(c3ccc(F)cc3)C2=O)ccc1OCC(=O)Nc1cccc(Cl)c1C. The van der Waals surface area contributed by atoms with E-state index in [1.807, 2.05) is 13.8 Å². The molecule has 4 rings (SSSR count). The van der Waals surface area contributed by atoms with E-state index in [4.69, 9.17) is 33.3 Å². The summed E-state index contributed by atoms with van der Waals surface area (Å²) in [6, 6.07) is 16.0. The van der Waals surface area contributed by atoms with Gasteiger partial charge < -0.3 is 14.8 Å². The summed E-state index contributed by atoms with van der Waals surface area (Å²) >= 11 is 12.6. The molecular weight excluding hydrogens is 535 g/mol. The fourth-order valence-electron chi connectivity index (χ4n) is 3.51. The van der Waals surface area contributed by atoms with Crippen molar-refractivity contribution < 1.29 is 23.5 Å². The number of ether oxygens (including phenoxy) is 2. The lowest BCUT2D eigenvalue weighted by Gasteiger charge is -2.14. The van der Waals surface area contributed by atoms with Gasteiger partial charge in [-0.15, -0.1) is 0 Å². The van der Waals surface area contributed by atoms with Gasteiger partial charge in [-0.25, -0.2) is 4.39 Å². The van der Waals surface area contributed by atoms with Crippen LogP contribution < -0.4 is 19.7 Å². The molecule has 0 spiro atoms. The lowest BCUT2D eigenvalue weighted by molar-refractivity contribution is -0.118. The Morgan fingerprint density at radius 2 is 1.89 bits per heavy atom. The summed E-state index contributed by atoms with van der Waals surface area (Å²) in [6.45, 7) is 3.79. The molecule has 37 heavy (non-hydrogen) atoms. The second-order valence-corrected chi connectivity index (χ2v) is 9.96. The summed E-state index contributed by atoms with van der Waals surface area (Å²) in [5.74, 6) is -0.227. The number of carbonyl (C=O) groups is 2. The summed E-state index contributed by atoms with van der Waals surface area (Å²) in [4.78, 5) is 27.2. The highest BCUT2D eigenvalue weighted by atomic mass is 35.5. The number of benzene rings is 3. The third kappa shape index (κ3) is 6.30. The van der Waals surface area contributed by atoms with Gasteiger partial charge in [0.2, 0.25) is 0 Å². The van der Waals surface area contributed by atoms with E-state index in [9.17, 15) is 14.0 Å². The van der Waals surface area contributed by atoms with Crippen molar-refractivity contribution in [3.05, 3.63) is 87.5 Å². The van der Waals surface area contributed by atoms with Gasteiger partial charge in [0, 0.05) is 10.7 Å². The molecular formula is C27H22ClFN2O4S2. The average Bonchev–Trinajstić information content (AvgIpc) is 3.14. The molecule has 1 aliphatic heterocycles. The van der Waals surface area contributed by atoms with Crippen LogP contribution in [-0.2, 0) is 9.59 Å². The van der Waals surface area contributed by atoms with Crippen molar-refractivity contribution in [1.82, 2.24) is 0 Å². The van der Waals surface area contributed by atoms with Gasteiger partial charge in [-0.2, -0.15) is 0 Å². The maximum atomic E-state index is 13.3.